The Morgan fingerprint density at radius 3 is 2.81 bits per heavy atom. The third-order valence-corrected chi connectivity index (χ3v) is 3.49. The molecule has 2 atom stereocenters. The van der Waals surface area contributed by atoms with Crippen molar-refractivity contribution in [3.05, 3.63) is 29.3 Å². The van der Waals surface area contributed by atoms with E-state index in [-0.39, 0.29) is 0 Å². The zero-order valence-electron chi connectivity index (χ0n) is 10.4. The van der Waals surface area contributed by atoms with Crippen LogP contribution in [0.15, 0.2) is 18.2 Å². The third-order valence-electron chi connectivity index (χ3n) is 3.49. The predicted octanol–water partition coefficient (Wildman–Crippen LogP) is 2.72. The second kappa shape index (κ2) is 4.88. The Balaban J connectivity index is 2.29. The van der Waals surface area contributed by atoms with Crippen molar-refractivity contribution in [1.82, 2.24) is 5.32 Å². The molecule has 88 valence electrons. The minimum Gasteiger partial charge on any atom is -0.496 e. The van der Waals surface area contributed by atoms with Gasteiger partial charge in [-0.15, -0.1) is 0 Å². The lowest BCUT2D eigenvalue weighted by Gasteiger charge is -2.15. The van der Waals surface area contributed by atoms with E-state index < -0.39 is 0 Å². The van der Waals surface area contributed by atoms with Crippen LogP contribution in [-0.2, 0) is 6.42 Å². The Morgan fingerprint density at radius 2 is 2.25 bits per heavy atom. The summed E-state index contributed by atoms with van der Waals surface area (Å²) in [5.41, 5.74) is 2.77. The van der Waals surface area contributed by atoms with E-state index in [1.54, 1.807) is 7.11 Å². The molecule has 1 aromatic rings. The number of methoxy groups -OCH3 is 1. The lowest BCUT2D eigenvalue weighted by Crippen LogP contribution is -2.16. The van der Waals surface area contributed by atoms with Gasteiger partial charge < -0.3 is 10.1 Å². The van der Waals surface area contributed by atoms with Crippen LogP contribution in [0.5, 0.6) is 5.75 Å². The summed E-state index contributed by atoms with van der Waals surface area (Å²) < 4.78 is 5.46. The first kappa shape index (κ1) is 11.5. The lowest BCUT2D eigenvalue weighted by atomic mass is 9.93. The lowest BCUT2D eigenvalue weighted by molar-refractivity contribution is 0.406. The molecule has 0 spiro atoms. The van der Waals surface area contributed by atoms with E-state index >= 15 is 0 Å². The van der Waals surface area contributed by atoms with E-state index in [2.05, 4.69) is 37.4 Å². The van der Waals surface area contributed by atoms with E-state index in [1.807, 2.05) is 0 Å². The first-order chi connectivity index (χ1) is 7.74. The molecule has 2 rings (SSSR count). The summed E-state index contributed by atoms with van der Waals surface area (Å²) in [5, 5.41) is 3.50. The average Bonchev–Trinajstić information content (AvgIpc) is 2.75. The zero-order chi connectivity index (χ0) is 11.5. The summed E-state index contributed by atoms with van der Waals surface area (Å²) in [5.74, 6) is 1.65. The summed E-state index contributed by atoms with van der Waals surface area (Å²) >= 11 is 0. The minimum atomic E-state index is 0.608. The number of hydrogen-bond donors (Lipinski definition) is 1. The number of benzene rings is 1. The highest BCUT2D eigenvalue weighted by atomic mass is 16.5. The molecule has 1 heterocycles. The van der Waals surface area contributed by atoms with Crippen LogP contribution in [0.25, 0.3) is 0 Å². The van der Waals surface area contributed by atoms with Gasteiger partial charge in [-0.1, -0.05) is 19.1 Å². The average molecular weight is 219 g/mol. The van der Waals surface area contributed by atoms with Gasteiger partial charge in [-0.25, -0.2) is 0 Å². The number of ether oxygens (including phenoxy) is 1. The van der Waals surface area contributed by atoms with Crippen molar-refractivity contribution in [2.45, 2.75) is 38.6 Å². The highest BCUT2D eigenvalue weighted by Crippen LogP contribution is 2.33. The summed E-state index contributed by atoms with van der Waals surface area (Å²) in [7, 11) is 1.76. The molecule has 1 aliphatic heterocycles. The normalized spacial score (nSPS) is 24.7. The summed E-state index contributed by atoms with van der Waals surface area (Å²) in [6, 6.07) is 7.20. The van der Waals surface area contributed by atoms with Crippen LogP contribution < -0.4 is 10.1 Å². The van der Waals surface area contributed by atoms with Crippen LogP contribution >= 0.6 is 0 Å². The maximum atomic E-state index is 5.46. The van der Waals surface area contributed by atoms with Crippen LogP contribution in [0.2, 0.25) is 0 Å². The monoisotopic (exact) mass is 219 g/mol. The van der Waals surface area contributed by atoms with Gasteiger partial charge in [0.1, 0.15) is 5.75 Å². The van der Waals surface area contributed by atoms with Gasteiger partial charge in [0, 0.05) is 18.5 Å². The van der Waals surface area contributed by atoms with E-state index in [1.165, 1.54) is 17.5 Å². The van der Waals surface area contributed by atoms with Crippen LogP contribution in [0.1, 0.15) is 37.3 Å². The number of aryl methyl sites for hydroxylation is 1. The summed E-state index contributed by atoms with van der Waals surface area (Å²) in [6.45, 7) is 5.52. The highest BCUT2D eigenvalue weighted by Gasteiger charge is 2.24. The van der Waals surface area contributed by atoms with E-state index in [0.29, 0.717) is 12.0 Å². The Labute approximate surface area is 98.0 Å². The molecule has 0 aliphatic carbocycles. The zero-order valence-corrected chi connectivity index (χ0v) is 10.4. The quantitative estimate of drug-likeness (QED) is 0.844. The molecule has 2 unspecified atom stereocenters. The number of rotatable bonds is 3. The van der Waals surface area contributed by atoms with Gasteiger partial charge in [-0.3, -0.25) is 0 Å². The largest absolute Gasteiger partial charge is 0.496 e. The molecule has 0 amide bonds. The fourth-order valence-corrected chi connectivity index (χ4v) is 2.50. The maximum absolute atomic E-state index is 5.46. The van der Waals surface area contributed by atoms with Crippen molar-refractivity contribution in [3.8, 4) is 5.75 Å². The van der Waals surface area contributed by atoms with Gasteiger partial charge in [-0.05, 0) is 37.0 Å². The Hall–Kier alpha value is -1.02. The van der Waals surface area contributed by atoms with Gasteiger partial charge >= 0.3 is 0 Å². The van der Waals surface area contributed by atoms with Gasteiger partial charge in [0.25, 0.3) is 0 Å². The molecule has 16 heavy (non-hydrogen) atoms. The molecule has 2 heteroatoms. The predicted molar refractivity (Wildman–Crippen MR) is 67.2 cm³/mol. The molecule has 2 nitrogen and oxygen atoms in total. The van der Waals surface area contributed by atoms with Crippen molar-refractivity contribution in [2.24, 2.45) is 0 Å². The molecule has 1 aliphatic rings. The molecule has 1 saturated heterocycles. The summed E-state index contributed by atoms with van der Waals surface area (Å²) in [4.78, 5) is 0. The fourth-order valence-electron chi connectivity index (χ4n) is 2.50. The molecule has 0 aromatic heterocycles. The maximum Gasteiger partial charge on any atom is 0.122 e. The van der Waals surface area contributed by atoms with Crippen LogP contribution in [0, 0.1) is 0 Å². The molecule has 0 radical (unpaired) electrons. The van der Waals surface area contributed by atoms with Crippen molar-refractivity contribution in [2.75, 3.05) is 13.7 Å². The molecular formula is C14H21NO. The highest BCUT2D eigenvalue weighted by molar-refractivity contribution is 5.40. The second-order valence-corrected chi connectivity index (χ2v) is 4.67. The Kier molecular flexibility index (Phi) is 3.49. The molecule has 1 fully saturated rings. The van der Waals surface area contributed by atoms with Gasteiger partial charge in [0.2, 0.25) is 0 Å². The molecule has 0 bridgehead atoms. The van der Waals surface area contributed by atoms with Crippen molar-refractivity contribution in [3.63, 3.8) is 0 Å². The van der Waals surface area contributed by atoms with Crippen molar-refractivity contribution >= 4 is 0 Å². The van der Waals surface area contributed by atoms with Gasteiger partial charge in [0.15, 0.2) is 0 Å². The molecule has 0 saturated carbocycles. The van der Waals surface area contributed by atoms with Crippen molar-refractivity contribution in [1.29, 1.82) is 0 Å². The van der Waals surface area contributed by atoms with Gasteiger partial charge in [-0.2, -0.15) is 0 Å². The SMILES string of the molecule is CCc1ccc(OC)c(C2CNC(C)C2)c1. The molecule has 1 N–H and O–H groups in total. The van der Waals surface area contributed by atoms with Crippen LogP contribution in [0.4, 0.5) is 0 Å². The molecule has 1 aromatic carbocycles. The topological polar surface area (TPSA) is 21.3 Å². The number of hydrogen-bond acceptors (Lipinski definition) is 2. The third kappa shape index (κ3) is 2.22. The Bertz CT molecular complexity index is 362. The van der Waals surface area contributed by atoms with E-state index in [0.717, 1.165) is 18.7 Å². The first-order valence-electron chi connectivity index (χ1n) is 6.14. The standard InChI is InChI=1S/C14H21NO/c1-4-11-5-6-14(16-3)13(8-11)12-7-10(2)15-9-12/h5-6,8,10,12,15H,4,7,9H2,1-3H3. The van der Waals surface area contributed by atoms with Crippen LogP contribution in [0.3, 0.4) is 0 Å². The second-order valence-electron chi connectivity index (χ2n) is 4.67. The first-order valence-corrected chi connectivity index (χ1v) is 6.14. The molecular weight excluding hydrogens is 198 g/mol. The van der Waals surface area contributed by atoms with E-state index in [9.17, 15) is 0 Å². The Morgan fingerprint density at radius 1 is 1.44 bits per heavy atom. The summed E-state index contributed by atoms with van der Waals surface area (Å²) in [6.07, 6.45) is 2.30. The van der Waals surface area contributed by atoms with Crippen molar-refractivity contribution < 1.29 is 4.74 Å². The van der Waals surface area contributed by atoms with Crippen LogP contribution in [-0.4, -0.2) is 19.7 Å². The van der Waals surface area contributed by atoms with E-state index in [4.69, 9.17) is 4.74 Å². The smallest absolute Gasteiger partial charge is 0.122 e. The number of nitrogens with one attached hydrogen (secondary N) is 1. The fraction of sp³-hybridized carbons (Fsp3) is 0.571. The minimum absolute atomic E-state index is 0.608. The van der Waals surface area contributed by atoms with Gasteiger partial charge in [0.05, 0.1) is 7.11 Å².